The van der Waals surface area contributed by atoms with E-state index in [0.29, 0.717) is 12.2 Å². The summed E-state index contributed by atoms with van der Waals surface area (Å²) in [7, 11) is 0. The number of phenols is 1. The number of rotatable bonds is 7. The molecule has 0 fully saturated rings. The molecule has 0 aromatic heterocycles. The Morgan fingerprint density at radius 3 is 2.63 bits per heavy atom. The second-order valence-corrected chi connectivity index (χ2v) is 3.86. The van der Waals surface area contributed by atoms with E-state index >= 15 is 0 Å². The fourth-order valence-electron chi connectivity index (χ4n) is 1.42. The predicted octanol–water partition coefficient (Wildman–Crippen LogP) is 2.78. The summed E-state index contributed by atoms with van der Waals surface area (Å²) in [5, 5.41) is 11.9. The highest BCUT2D eigenvalue weighted by Gasteiger charge is 2.40. The van der Waals surface area contributed by atoms with Gasteiger partial charge >= 0.3 is 12.3 Å². The normalized spacial score (nSPS) is 11.9. The van der Waals surface area contributed by atoms with Crippen LogP contribution in [0.2, 0.25) is 0 Å². The molecule has 0 amide bonds. The van der Waals surface area contributed by atoms with Crippen molar-refractivity contribution in [3.05, 3.63) is 23.8 Å². The van der Waals surface area contributed by atoms with E-state index in [1.165, 1.54) is 12.1 Å². The molecule has 0 bridgehead atoms. The van der Waals surface area contributed by atoms with Crippen LogP contribution in [0.25, 0.3) is 0 Å². The summed E-state index contributed by atoms with van der Waals surface area (Å²) in [6.45, 7) is 0.749. The molecule has 1 aromatic rings. The predicted molar refractivity (Wildman–Crippen MR) is 61.9 cm³/mol. The molecule has 19 heavy (non-hydrogen) atoms. The molecule has 0 unspecified atom stereocenters. The Morgan fingerprint density at radius 1 is 1.37 bits per heavy atom. The molecule has 0 saturated carbocycles. The van der Waals surface area contributed by atoms with Gasteiger partial charge in [-0.25, -0.2) is 8.78 Å². The first-order valence-corrected chi connectivity index (χ1v) is 5.68. The Morgan fingerprint density at radius 2 is 2.05 bits per heavy atom. The third-order valence-electron chi connectivity index (χ3n) is 2.38. The SMILES string of the molecule is CCOc1cccc(CNCC(F)(F)C(F)F)c1O. The van der Waals surface area contributed by atoms with Crippen molar-refractivity contribution in [3.63, 3.8) is 0 Å². The van der Waals surface area contributed by atoms with Crippen LogP contribution in [0.1, 0.15) is 12.5 Å². The lowest BCUT2D eigenvalue weighted by atomic mass is 10.2. The molecule has 0 heterocycles. The Hall–Kier alpha value is -1.50. The van der Waals surface area contributed by atoms with Crippen LogP contribution in [0.15, 0.2) is 18.2 Å². The van der Waals surface area contributed by atoms with Gasteiger partial charge in [0.05, 0.1) is 13.2 Å². The molecular formula is C12H15F4NO2. The van der Waals surface area contributed by atoms with Gasteiger partial charge in [-0.2, -0.15) is 8.78 Å². The Bertz CT molecular complexity index is 413. The Kier molecular flexibility index (Phi) is 5.41. The van der Waals surface area contributed by atoms with Gasteiger partial charge in [-0.05, 0) is 13.0 Å². The second kappa shape index (κ2) is 6.60. The maximum absolute atomic E-state index is 12.7. The number of hydrogen-bond acceptors (Lipinski definition) is 3. The topological polar surface area (TPSA) is 41.5 Å². The highest BCUT2D eigenvalue weighted by molar-refractivity contribution is 5.45. The lowest BCUT2D eigenvalue weighted by Gasteiger charge is -2.16. The van der Waals surface area contributed by atoms with Crippen LogP contribution in [0, 0.1) is 0 Å². The smallest absolute Gasteiger partial charge is 0.319 e. The van der Waals surface area contributed by atoms with E-state index in [0.717, 1.165) is 0 Å². The summed E-state index contributed by atoms with van der Waals surface area (Å²) in [6, 6.07) is 4.59. The zero-order chi connectivity index (χ0) is 14.5. The summed E-state index contributed by atoms with van der Waals surface area (Å²) in [5.74, 6) is -4.05. The van der Waals surface area contributed by atoms with E-state index in [9.17, 15) is 22.7 Å². The Labute approximate surface area is 108 Å². The van der Waals surface area contributed by atoms with Crippen molar-refractivity contribution in [1.82, 2.24) is 5.32 Å². The molecule has 0 aliphatic carbocycles. The van der Waals surface area contributed by atoms with Crippen LogP contribution >= 0.6 is 0 Å². The van der Waals surface area contributed by atoms with Crippen LogP contribution in [-0.4, -0.2) is 30.6 Å². The standard InChI is InChI=1S/C12H15F4NO2/c1-2-19-9-5-3-4-8(10(9)18)6-17-7-12(15,16)11(13)14/h3-5,11,17-18H,2,6-7H2,1H3. The summed E-state index contributed by atoms with van der Waals surface area (Å²) in [6.07, 6.45) is -3.72. The molecule has 108 valence electrons. The third-order valence-corrected chi connectivity index (χ3v) is 2.38. The van der Waals surface area contributed by atoms with Gasteiger partial charge in [0.2, 0.25) is 0 Å². The van der Waals surface area contributed by atoms with E-state index in [1.807, 2.05) is 0 Å². The fourth-order valence-corrected chi connectivity index (χ4v) is 1.42. The minimum atomic E-state index is -4.09. The van der Waals surface area contributed by atoms with Gasteiger partial charge in [0.1, 0.15) is 0 Å². The minimum Gasteiger partial charge on any atom is -0.504 e. The highest BCUT2D eigenvalue weighted by Crippen LogP contribution is 2.30. The molecule has 0 atom stereocenters. The van der Waals surface area contributed by atoms with Crippen LogP contribution in [-0.2, 0) is 6.54 Å². The van der Waals surface area contributed by atoms with Gasteiger partial charge in [0.15, 0.2) is 11.5 Å². The fraction of sp³-hybridized carbons (Fsp3) is 0.500. The van der Waals surface area contributed by atoms with E-state index < -0.39 is 18.9 Å². The number of hydrogen-bond donors (Lipinski definition) is 2. The monoisotopic (exact) mass is 281 g/mol. The molecule has 0 saturated heterocycles. The number of halogens is 4. The molecule has 3 nitrogen and oxygen atoms in total. The molecule has 0 spiro atoms. The number of ether oxygens (including phenoxy) is 1. The van der Waals surface area contributed by atoms with E-state index in [4.69, 9.17) is 4.74 Å². The van der Waals surface area contributed by atoms with Crippen molar-refractivity contribution in [2.45, 2.75) is 25.8 Å². The lowest BCUT2D eigenvalue weighted by Crippen LogP contribution is -2.38. The van der Waals surface area contributed by atoms with Crippen LogP contribution < -0.4 is 10.1 Å². The van der Waals surface area contributed by atoms with Crippen molar-refractivity contribution in [3.8, 4) is 11.5 Å². The van der Waals surface area contributed by atoms with Gasteiger partial charge < -0.3 is 15.2 Å². The number of nitrogens with one attached hydrogen (secondary N) is 1. The van der Waals surface area contributed by atoms with Crippen molar-refractivity contribution in [1.29, 1.82) is 0 Å². The number of aromatic hydroxyl groups is 1. The van der Waals surface area contributed by atoms with Crippen molar-refractivity contribution < 1.29 is 27.4 Å². The minimum absolute atomic E-state index is 0.158. The first-order valence-electron chi connectivity index (χ1n) is 5.68. The highest BCUT2D eigenvalue weighted by atomic mass is 19.3. The number of phenolic OH excluding ortho intramolecular Hbond substituents is 1. The van der Waals surface area contributed by atoms with Crippen molar-refractivity contribution in [2.75, 3.05) is 13.2 Å². The van der Waals surface area contributed by atoms with Gasteiger partial charge in [-0.1, -0.05) is 12.1 Å². The average Bonchev–Trinajstić information content (AvgIpc) is 2.33. The van der Waals surface area contributed by atoms with Crippen LogP contribution in [0.5, 0.6) is 11.5 Å². The first-order chi connectivity index (χ1) is 8.88. The first kappa shape index (κ1) is 15.6. The molecule has 0 radical (unpaired) electrons. The summed E-state index contributed by atoms with van der Waals surface area (Å²) < 4.78 is 54.3. The zero-order valence-corrected chi connectivity index (χ0v) is 10.3. The van der Waals surface area contributed by atoms with Gasteiger partial charge in [0, 0.05) is 12.1 Å². The van der Waals surface area contributed by atoms with Crippen LogP contribution in [0.4, 0.5) is 17.6 Å². The van der Waals surface area contributed by atoms with Gasteiger partial charge in [-0.3, -0.25) is 0 Å². The average molecular weight is 281 g/mol. The van der Waals surface area contributed by atoms with Crippen molar-refractivity contribution in [2.24, 2.45) is 0 Å². The zero-order valence-electron chi connectivity index (χ0n) is 10.3. The van der Waals surface area contributed by atoms with Crippen molar-refractivity contribution >= 4 is 0 Å². The molecule has 1 rings (SSSR count). The molecule has 7 heteroatoms. The second-order valence-electron chi connectivity index (χ2n) is 3.86. The van der Waals surface area contributed by atoms with E-state index in [2.05, 4.69) is 5.32 Å². The summed E-state index contributed by atoms with van der Waals surface area (Å²) in [4.78, 5) is 0. The molecule has 2 N–H and O–H groups in total. The quantitative estimate of drug-likeness (QED) is 0.755. The molecule has 1 aromatic carbocycles. The van der Waals surface area contributed by atoms with E-state index in [1.54, 1.807) is 13.0 Å². The molecule has 0 aliphatic heterocycles. The Balaban J connectivity index is 2.61. The van der Waals surface area contributed by atoms with Crippen LogP contribution in [0.3, 0.4) is 0 Å². The van der Waals surface area contributed by atoms with E-state index in [-0.39, 0.29) is 18.0 Å². The summed E-state index contributed by atoms with van der Waals surface area (Å²) in [5.41, 5.74) is 0.302. The van der Waals surface area contributed by atoms with Gasteiger partial charge in [0.25, 0.3) is 0 Å². The number of benzene rings is 1. The lowest BCUT2D eigenvalue weighted by molar-refractivity contribution is -0.125. The third kappa shape index (κ3) is 4.27. The maximum atomic E-state index is 12.7. The summed E-state index contributed by atoms with van der Waals surface area (Å²) >= 11 is 0. The number of alkyl halides is 4. The van der Waals surface area contributed by atoms with Gasteiger partial charge in [-0.15, -0.1) is 0 Å². The maximum Gasteiger partial charge on any atom is 0.319 e. The number of para-hydroxylation sites is 1. The molecular weight excluding hydrogens is 266 g/mol. The largest absolute Gasteiger partial charge is 0.504 e. The molecule has 0 aliphatic rings.